The van der Waals surface area contributed by atoms with Gasteiger partial charge < -0.3 is 15.6 Å². The molecule has 1 aromatic rings. The zero-order valence-electron chi connectivity index (χ0n) is 10.5. The Morgan fingerprint density at radius 3 is 3.10 bits per heavy atom. The summed E-state index contributed by atoms with van der Waals surface area (Å²) in [5, 5.41) is 10.6. The fourth-order valence-electron chi connectivity index (χ4n) is 2.40. The van der Waals surface area contributed by atoms with Crippen molar-refractivity contribution in [3.8, 4) is 0 Å². The zero-order chi connectivity index (χ0) is 14.5. The number of nitrogens with zero attached hydrogens (tertiary/aromatic N) is 2. The van der Waals surface area contributed by atoms with E-state index >= 15 is 0 Å². The second kappa shape index (κ2) is 4.57. The maximum Gasteiger partial charge on any atom is 0.697 e. The molecule has 2 fully saturated rings. The summed E-state index contributed by atoms with van der Waals surface area (Å²) in [7, 11) is -2.30. The molecule has 2 aliphatic heterocycles. The Morgan fingerprint density at radius 1 is 1.65 bits per heavy atom. The van der Waals surface area contributed by atoms with Crippen LogP contribution in [0.1, 0.15) is 13.2 Å². The maximum atomic E-state index is 11.8. The number of anilines is 1. The van der Waals surface area contributed by atoms with Crippen LogP contribution in [0.15, 0.2) is 17.1 Å². The van der Waals surface area contributed by atoms with E-state index in [2.05, 4.69) is 4.98 Å². The third kappa shape index (κ3) is 2.04. The van der Waals surface area contributed by atoms with Gasteiger partial charge in [-0.2, -0.15) is 4.98 Å². The normalized spacial score (nSPS) is 38.7. The second-order valence-corrected chi connectivity index (χ2v) is 5.76. The van der Waals surface area contributed by atoms with Crippen LogP contribution in [0.5, 0.6) is 0 Å². The van der Waals surface area contributed by atoms with Gasteiger partial charge in [-0.15, -0.1) is 9.05 Å². The molecule has 0 radical (unpaired) electrons. The number of fused-ring (bicyclic) bond motifs is 1. The standard InChI is InChI=1S/C10H12N3O6P/c1-10(15)7-5(4-17-20(16)19-7)18-8(10)13-3-2-6(11)12-9(13)14/h2-3,5,7-8,15H,4H2,1H3,(H-,11,12,14)/p+1/t5-,7-,8-,10-/m1/s1. The number of hydrogen-bond donors (Lipinski definition) is 2. The molecule has 0 amide bonds. The highest BCUT2D eigenvalue weighted by molar-refractivity contribution is 7.33. The van der Waals surface area contributed by atoms with E-state index < -0.39 is 38.0 Å². The average molecular weight is 302 g/mol. The number of aromatic nitrogens is 2. The molecule has 10 heteroatoms. The molecule has 9 nitrogen and oxygen atoms in total. The van der Waals surface area contributed by atoms with Crippen molar-refractivity contribution in [3.63, 3.8) is 0 Å². The highest BCUT2D eigenvalue weighted by Crippen LogP contribution is 2.47. The Morgan fingerprint density at radius 2 is 2.40 bits per heavy atom. The van der Waals surface area contributed by atoms with E-state index in [1.807, 2.05) is 0 Å². The molecule has 3 heterocycles. The summed E-state index contributed by atoms with van der Waals surface area (Å²) in [5.74, 6) is 0.0731. The van der Waals surface area contributed by atoms with Crippen molar-refractivity contribution in [1.82, 2.24) is 9.55 Å². The third-order valence-electron chi connectivity index (χ3n) is 3.37. The highest BCUT2D eigenvalue weighted by atomic mass is 31.1. The molecule has 3 N–H and O–H groups in total. The van der Waals surface area contributed by atoms with Crippen LogP contribution in [0.2, 0.25) is 0 Å². The van der Waals surface area contributed by atoms with Gasteiger partial charge in [0.1, 0.15) is 24.1 Å². The molecule has 3 rings (SSSR count). The lowest BCUT2D eigenvalue weighted by Crippen LogP contribution is -2.48. The molecule has 108 valence electrons. The van der Waals surface area contributed by atoms with Crippen molar-refractivity contribution in [3.05, 3.63) is 22.7 Å². The lowest BCUT2D eigenvalue weighted by molar-refractivity contribution is -0.0923. The summed E-state index contributed by atoms with van der Waals surface area (Å²) in [4.78, 5) is 15.4. The Kier molecular flexibility index (Phi) is 3.11. The molecule has 20 heavy (non-hydrogen) atoms. The van der Waals surface area contributed by atoms with Gasteiger partial charge in [-0.1, -0.05) is 0 Å². The fourth-order valence-corrected chi connectivity index (χ4v) is 3.27. The minimum absolute atomic E-state index is 0.0175. The second-order valence-electron chi connectivity index (χ2n) is 4.84. The smallest absolute Gasteiger partial charge is 0.383 e. The molecule has 0 bridgehead atoms. The topological polar surface area (TPSA) is 126 Å². The Balaban J connectivity index is 1.98. The van der Waals surface area contributed by atoms with Crippen molar-refractivity contribution >= 4 is 14.1 Å². The first-order chi connectivity index (χ1) is 9.39. The number of ether oxygens (including phenoxy) is 1. The molecular formula is C10H13N3O6P+. The zero-order valence-corrected chi connectivity index (χ0v) is 11.4. The lowest BCUT2D eigenvalue weighted by atomic mass is 9.96. The summed E-state index contributed by atoms with van der Waals surface area (Å²) in [6.07, 6.45) is -1.12. The summed E-state index contributed by atoms with van der Waals surface area (Å²) in [5.41, 5.74) is 3.21. The molecule has 1 unspecified atom stereocenters. The lowest BCUT2D eigenvalue weighted by Gasteiger charge is -2.27. The monoisotopic (exact) mass is 302 g/mol. The van der Waals surface area contributed by atoms with E-state index in [0.717, 1.165) is 4.57 Å². The molecule has 0 aliphatic carbocycles. The fraction of sp³-hybridized carbons (Fsp3) is 0.600. The number of nitrogen functional groups attached to an aromatic ring is 1. The highest BCUT2D eigenvalue weighted by Gasteiger charge is 2.61. The van der Waals surface area contributed by atoms with Crippen LogP contribution in [-0.2, 0) is 18.3 Å². The summed E-state index contributed by atoms with van der Waals surface area (Å²) >= 11 is 0. The summed E-state index contributed by atoms with van der Waals surface area (Å²) < 4.78 is 27.9. The van der Waals surface area contributed by atoms with E-state index in [1.54, 1.807) is 0 Å². The Hall–Kier alpha value is -1.38. The molecule has 1 aromatic heterocycles. The predicted octanol–water partition coefficient (Wildman–Crippen LogP) is -0.453. The van der Waals surface area contributed by atoms with Gasteiger partial charge in [-0.05, 0) is 13.0 Å². The molecule has 5 atom stereocenters. The van der Waals surface area contributed by atoms with Gasteiger partial charge in [0.2, 0.25) is 0 Å². The van der Waals surface area contributed by atoms with Crippen LogP contribution < -0.4 is 11.4 Å². The van der Waals surface area contributed by atoms with E-state index in [9.17, 15) is 14.5 Å². The van der Waals surface area contributed by atoms with Crippen LogP contribution in [0.4, 0.5) is 5.82 Å². The average Bonchev–Trinajstić information content (AvgIpc) is 2.62. The quantitative estimate of drug-likeness (QED) is 0.668. The first-order valence-corrected chi connectivity index (χ1v) is 6.98. The molecular weight excluding hydrogens is 289 g/mol. The molecule has 2 aliphatic rings. The van der Waals surface area contributed by atoms with Gasteiger partial charge in [-0.3, -0.25) is 4.57 Å². The van der Waals surface area contributed by atoms with Gasteiger partial charge in [0.15, 0.2) is 12.3 Å². The first-order valence-electron chi connectivity index (χ1n) is 5.89. The molecule has 2 saturated heterocycles. The van der Waals surface area contributed by atoms with Gasteiger partial charge in [0, 0.05) is 10.8 Å². The van der Waals surface area contributed by atoms with Crippen molar-refractivity contribution < 1.29 is 23.5 Å². The molecule has 0 saturated carbocycles. The Labute approximate surface area is 114 Å². The van der Waals surface area contributed by atoms with Gasteiger partial charge >= 0.3 is 13.9 Å². The van der Waals surface area contributed by atoms with Crippen LogP contribution >= 0.6 is 8.25 Å². The van der Waals surface area contributed by atoms with E-state index in [4.69, 9.17) is 19.5 Å². The van der Waals surface area contributed by atoms with E-state index in [-0.39, 0.29) is 12.4 Å². The van der Waals surface area contributed by atoms with Crippen LogP contribution in [-0.4, -0.2) is 39.1 Å². The van der Waals surface area contributed by atoms with Crippen molar-refractivity contribution in [2.75, 3.05) is 12.3 Å². The molecule has 0 aromatic carbocycles. The number of rotatable bonds is 1. The minimum atomic E-state index is -2.30. The minimum Gasteiger partial charge on any atom is -0.383 e. The number of hydrogen-bond acceptors (Lipinski definition) is 8. The van der Waals surface area contributed by atoms with Gasteiger partial charge in [-0.25, -0.2) is 4.79 Å². The van der Waals surface area contributed by atoms with Gasteiger partial charge in [0.05, 0.1) is 0 Å². The first kappa shape index (κ1) is 13.6. The van der Waals surface area contributed by atoms with E-state index in [0.29, 0.717) is 0 Å². The Bertz CT molecular complexity index is 617. The SMILES string of the molecule is C[C@@]1(O)[C@@H]2O[P+](=O)OC[C@H]2O[C@H]1n1ccc(N)nc1=O. The van der Waals surface area contributed by atoms with Crippen LogP contribution in [0, 0.1) is 0 Å². The third-order valence-corrected chi connectivity index (χ3v) is 4.12. The van der Waals surface area contributed by atoms with E-state index in [1.165, 1.54) is 19.2 Å². The van der Waals surface area contributed by atoms with Gasteiger partial charge in [0.25, 0.3) is 0 Å². The van der Waals surface area contributed by atoms with Crippen LogP contribution in [0.25, 0.3) is 0 Å². The molecule has 0 spiro atoms. The van der Waals surface area contributed by atoms with Crippen molar-refractivity contribution in [2.45, 2.75) is 31.0 Å². The van der Waals surface area contributed by atoms with Crippen molar-refractivity contribution in [1.29, 1.82) is 0 Å². The predicted molar refractivity (Wildman–Crippen MR) is 65.9 cm³/mol. The maximum absolute atomic E-state index is 11.8. The number of nitrogens with two attached hydrogens (primary N) is 1. The largest absolute Gasteiger partial charge is 0.697 e. The summed E-state index contributed by atoms with van der Waals surface area (Å²) in [6, 6.07) is 1.42. The number of aliphatic hydroxyl groups is 1. The van der Waals surface area contributed by atoms with Crippen LogP contribution in [0.3, 0.4) is 0 Å². The van der Waals surface area contributed by atoms with Crippen molar-refractivity contribution in [2.24, 2.45) is 0 Å². The summed E-state index contributed by atoms with van der Waals surface area (Å²) in [6.45, 7) is 1.46.